The first kappa shape index (κ1) is 14.2. The summed E-state index contributed by atoms with van der Waals surface area (Å²) in [5.41, 5.74) is -0.339. The molecule has 1 aliphatic heterocycles. The average Bonchev–Trinajstić information content (AvgIpc) is 2.63. The fraction of sp³-hybridized carbons (Fsp3) is 0.357. The first-order valence-corrected chi connectivity index (χ1v) is 6.11. The fourth-order valence-electron chi connectivity index (χ4n) is 2.05. The number of carbonyl (C=O) groups excluding carboxylic acids is 2. The van der Waals surface area contributed by atoms with Crippen LogP contribution in [0.5, 0.6) is 0 Å². The predicted octanol–water partition coefficient (Wildman–Crippen LogP) is 0.999. The van der Waals surface area contributed by atoms with Gasteiger partial charge in [0.05, 0.1) is 16.7 Å². The second-order valence-electron chi connectivity index (χ2n) is 5.58. The number of aliphatic hydroxyl groups is 1. The number of carboxylic acids is 1. The summed E-state index contributed by atoms with van der Waals surface area (Å²) in [5, 5.41) is 18.1. The maximum Gasteiger partial charge on any atom is 0.335 e. The number of imide groups is 1. The molecule has 0 aliphatic carbocycles. The van der Waals surface area contributed by atoms with Crippen LogP contribution in [-0.2, 0) is 0 Å². The molecule has 2 N–H and O–H groups in total. The van der Waals surface area contributed by atoms with Gasteiger partial charge in [-0.1, -0.05) is 13.8 Å². The third-order valence-electron chi connectivity index (χ3n) is 3.23. The Kier molecular flexibility index (Phi) is 3.35. The number of fused-ring (bicyclic) bond motifs is 1. The van der Waals surface area contributed by atoms with Gasteiger partial charge in [-0.3, -0.25) is 14.5 Å². The number of amides is 2. The molecular formula is C14H15NO5. The van der Waals surface area contributed by atoms with E-state index in [0.29, 0.717) is 0 Å². The Balaban J connectivity index is 2.38. The van der Waals surface area contributed by atoms with Crippen molar-refractivity contribution in [3.63, 3.8) is 0 Å². The predicted molar refractivity (Wildman–Crippen MR) is 69.6 cm³/mol. The van der Waals surface area contributed by atoms with Gasteiger partial charge >= 0.3 is 5.97 Å². The maximum atomic E-state index is 12.2. The molecule has 2 rings (SSSR count). The van der Waals surface area contributed by atoms with E-state index >= 15 is 0 Å². The first-order chi connectivity index (χ1) is 9.26. The van der Waals surface area contributed by atoms with E-state index < -0.39 is 23.2 Å². The topological polar surface area (TPSA) is 94.9 Å². The van der Waals surface area contributed by atoms with Crippen LogP contribution in [0.1, 0.15) is 44.9 Å². The smallest absolute Gasteiger partial charge is 0.335 e. The van der Waals surface area contributed by atoms with Crippen LogP contribution in [0.15, 0.2) is 18.2 Å². The van der Waals surface area contributed by atoms with E-state index in [1.807, 2.05) is 0 Å². The largest absolute Gasteiger partial charge is 0.478 e. The Bertz CT molecular complexity index is 606. The summed E-state index contributed by atoms with van der Waals surface area (Å²) in [6.07, 6.45) is 0. The molecule has 20 heavy (non-hydrogen) atoms. The maximum absolute atomic E-state index is 12.2. The molecule has 1 aliphatic rings. The molecule has 1 aromatic rings. The first-order valence-electron chi connectivity index (χ1n) is 6.11. The number of aromatic carboxylic acids is 1. The summed E-state index contributed by atoms with van der Waals surface area (Å²) in [6, 6.07) is 3.86. The average molecular weight is 277 g/mol. The van der Waals surface area contributed by atoms with Crippen molar-refractivity contribution in [2.75, 3.05) is 13.2 Å². The van der Waals surface area contributed by atoms with Crippen molar-refractivity contribution in [2.24, 2.45) is 5.41 Å². The lowest BCUT2D eigenvalue weighted by molar-refractivity contribution is 0.0529. The Morgan fingerprint density at radius 1 is 1.20 bits per heavy atom. The second-order valence-corrected chi connectivity index (χ2v) is 5.58. The number of hydrogen-bond acceptors (Lipinski definition) is 4. The minimum absolute atomic E-state index is 0.0341. The van der Waals surface area contributed by atoms with Crippen LogP contribution >= 0.6 is 0 Å². The molecule has 0 atom stereocenters. The lowest BCUT2D eigenvalue weighted by atomic mass is 9.94. The van der Waals surface area contributed by atoms with Gasteiger partial charge in [-0.2, -0.15) is 0 Å². The number of carboxylic acid groups (broad SMARTS) is 1. The molecule has 0 unspecified atom stereocenters. The second kappa shape index (κ2) is 4.72. The molecule has 106 valence electrons. The van der Waals surface area contributed by atoms with Crippen molar-refractivity contribution in [3.05, 3.63) is 34.9 Å². The lowest BCUT2D eigenvalue weighted by Crippen LogP contribution is -2.39. The minimum Gasteiger partial charge on any atom is -0.478 e. The number of aliphatic hydroxyl groups excluding tert-OH is 1. The minimum atomic E-state index is -1.15. The van der Waals surface area contributed by atoms with Crippen molar-refractivity contribution in [2.45, 2.75) is 13.8 Å². The summed E-state index contributed by atoms with van der Waals surface area (Å²) in [4.78, 5) is 36.3. The van der Waals surface area contributed by atoms with Gasteiger partial charge in [0.15, 0.2) is 0 Å². The van der Waals surface area contributed by atoms with Gasteiger partial charge in [-0.15, -0.1) is 0 Å². The third kappa shape index (κ3) is 2.30. The molecule has 6 nitrogen and oxygen atoms in total. The summed E-state index contributed by atoms with van der Waals surface area (Å²) in [5.74, 6) is -2.12. The van der Waals surface area contributed by atoms with E-state index in [2.05, 4.69) is 0 Å². The summed E-state index contributed by atoms with van der Waals surface area (Å²) in [7, 11) is 0. The highest BCUT2D eigenvalue weighted by atomic mass is 16.4. The molecule has 0 aromatic heterocycles. The number of carbonyl (C=O) groups is 3. The van der Waals surface area contributed by atoms with Crippen LogP contribution in [0.2, 0.25) is 0 Å². The Morgan fingerprint density at radius 3 is 2.35 bits per heavy atom. The number of hydrogen-bond donors (Lipinski definition) is 2. The van der Waals surface area contributed by atoms with Gasteiger partial charge in [0.2, 0.25) is 0 Å². The normalized spacial score (nSPS) is 14.7. The lowest BCUT2D eigenvalue weighted by Gasteiger charge is -2.26. The van der Waals surface area contributed by atoms with E-state index in [1.54, 1.807) is 13.8 Å². The van der Waals surface area contributed by atoms with E-state index in [1.165, 1.54) is 18.2 Å². The van der Waals surface area contributed by atoms with E-state index in [0.717, 1.165) is 4.90 Å². The number of rotatable bonds is 4. The standard InChI is InChI=1S/C14H15NO5/c1-14(2,7-16)6-15-11(17)9-4-3-8(13(19)20)5-10(9)12(15)18/h3-5,16H,6-7H2,1-2H3,(H,19,20). The van der Waals surface area contributed by atoms with E-state index in [4.69, 9.17) is 5.11 Å². The van der Waals surface area contributed by atoms with Crippen LogP contribution in [0.3, 0.4) is 0 Å². The third-order valence-corrected chi connectivity index (χ3v) is 3.23. The van der Waals surface area contributed by atoms with Crippen LogP contribution in [0, 0.1) is 5.41 Å². The van der Waals surface area contributed by atoms with Gasteiger partial charge < -0.3 is 10.2 Å². The summed E-state index contributed by atoms with van der Waals surface area (Å²) in [6.45, 7) is 3.39. The highest BCUT2D eigenvalue weighted by Crippen LogP contribution is 2.27. The fourth-order valence-corrected chi connectivity index (χ4v) is 2.05. The van der Waals surface area contributed by atoms with Gasteiger partial charge in [0.25, 0.3) is 11.8 Å². The van der Waals surface area contributed by atoms with Crippen molar-refractivity contribution < 1.29 is 24.6 Å². The quantitative estimate of drug-likeness (QED) is 0.800. The monoisotopic (exact) mass is 277 g/mol. The SMILES string of the molecule is CC(C)(CO)CN1C(=O)c2ccc(C(=O)O)cc2C1=O. The molecule has 0 fully saturated rings. The molecule has 0 saturated carbocycles. The molecule has 1 aromatic carbocycles. The van der Waals surface area contributed by atoms with Crippen LogP contribution in [0.4, 0.5) is 0 Å². The molecule has 0 radical (unpaired) electrons. The number of nitrogens with zero attached hydrogens (tertiary/aromatic N) is 1. The van der Waals surface area contributed by atoms with Gasteiger partial charge in [0, 0.05) is 18.6 Å². The zero-order chi connectivity index (χ0) is 15.1. The molecule has 0 spiro atoms. The van der Waals surface area contributed by atoms with Crippen LogP contribution in [-0.4, -0.2) is 46.0 Å². The van der Waals surface area contributed by atoms with Crippen molar-refractivity contribution in [1.29, 1.82) is 0 Å². The van der Waals surface area contributed by atoms with Crippen molar-refractivity contribution >= 4 is 17.8 Å². The molecule has 0 saturated heterocycles. The Hall–Kier alpha value is -2.21. The number of benzene rings is 1. The molecular weight excluding hydrogens is 262 g/mol. The van der Waals surface area contributed by atoms with Crippen LogP contribution < -0.4 is 0 Å². The van der Waals surface area contributed by atoms with Crippen LogP contribution in [0.25, 0.3) is 0 Å². The van der Waals surface area contributed by atoms with E-state index in [9.17, 15) is 19.5 Å². The van der Waals surface area contributed by atoms with Gasteiger partial charge in [-0.25, -0.2) is 4.79 Å². The zero-order valence-electron chi connectivity index (χ0n) is 11.2. The summed E-state index contributed by atoms with van der Waals surface area (Å²) < 4.78 is 0. The molecule has 1 heterocycles. The highest BCUT2D eigenvalue weighted by Gasteiger charge is 2.38. The van der Waals surface area contributed by atoms with Crippen molar-refractivity contribution in [1.82, 2.24) is 4.90 Å². The van der Waals surface area contributed by atoms with Crippen molar-refractivity contribution in [3.8, 4) is 0 Å². The van der Waals surface area contributed by atoms with E-state index in [-0.39, 0.29) is 29.8 Å². The molecule has 6 heteroatoms. The molecule has 2 amide bonds. The molecule has 0 bridgehead atoms. The zero-order valence-corrected chi connectivity index (χ0v) is 11.2. The highest BCUT2D eigenvalue weighted by molar-refractivity contribution is 6.21. The van der Waals surface area contributed by atoms with Gasteiger partial charge in [0.1, 0.15) is 0 Å². The Morgan fingerprint density at radius 2 is 1.80 bits per heavy atom. The summed E-state index contributed by atoms with van der Waals surface area (Å²) >= 11 is 0. The Labute approximate surface area is 115 Å². The van der Waals surface area contributed by atoms with Gasteiger partial charge in [-0.05, 0) is 18.2 Å².